The number of alkyl halides is 1. The number of carbonyl (C=O) groups excluding carboxylic acids is 2. The van der Waals surface area contributed by atoms with Crippen LogP contribution in [0.1, 0.15) is 92.9 Å². The summed E-state index contributed by atoms with van der Waals surface area (Å²) >= 11 is 2.46. The Morgan fingerprint density at radius 3 is 2.65 bits per heavy atom. The highest BCUT2D eigenvalue weighted by Crippen LogP contribution is 2.69. The zero-order valence-corrected chi connectivity index (χ0v) is 25.7. The van der Waals surface area contributed by atoms with Gasteiger partial charge in [0.05, 0.1) is 5.76 Å². The minimum Gasteiger partial charge on any atom is -0.494 e. The summed E-state index contributed by atoms with van der Waals surface area (Å²) in [6.07, 6.45) is 12.0. The molecule has 4 fully saturated rings. The van der Waals surface area contributed by atoms with Gasteiger partial charge in [-0.1, -0.05) is 55.0 Å². The Morgan fingerprint density at radius 1 is 1.19 bits per heavy atom. The molecule has 1 N–H and O–H groups in total. The molecule has 1 amide bonds. The SMILES string of the molecule is CC(=O)NCC(I)CC(C)=C1OC2CC3C4CC=C5CC(OC(C)=O)CC[C@]5(C)C4CC[C@]3(C)C2C1C. The van der Waals surface area contributed by atoms with Crippen LogP contribution < -0.4 is 5.32 Å². The molecule has 3 saturated carbocycles. The Labute approximate surface area is 237 Å². The van der Waals surface area contributed by atoms with E-state index >= 15 is 0 Å². The van der Waals surface area contributed by atoms with E-state index in [-0.39, 0.29) is 23.4 Å². The van der Waals surface area contributed by atoms with Gasteiger partial charge in [-0.15, -0.1) is 0 Å². The van der Waals surface area contributed by atoms with Gasteiger partial charge in [0.1, 0.15) is 12.2 Å². The van der Waals surface area contributed by atoms with Gasteiger partial charge in [0, 0.05) is 42.6 Å². The van der Waals surface area contributed by atoms with Crippen LogP contribution in [0.3, 0.4) is 0 Å². The number of hydrogen-bond donors (Lipinski definition) is 1. The van der Waals surface area contributed by atoms with Crippen molar-refractivity contribution in [1.82, 2.24) is 5.32 Å². The maximum Gasteiger partial charge on any atom is 0.302 e. The molecule has 1 heterocycles. The molecule has 5 aliphatic rings. The van der Waals surface area contributed by atoms with Gasteiger partial charge in [0.15, 0.2) is 0 Å². The summed E-state index contributed by atoms with van der Waals surface area (Å²) in [5.74, 6) is 4.40. The van der Waals surface area contributed by atoms with E-state index in [0.29, 0.717) is 33.8 Å². The first kappa shape index (κ1) is 27.5. The first-order chi connectivity index (χ1) is 17.4. The molecule has 0 spiro atoms. The van der Waals surface area contributed by atoms with Crippen molar-refractivity contribution in [3.05, 3.63) is 23.0 Å². The van der Waals surface area contributed by atoms with Gasteiger partial charge in [-0.05, 0) is 86.0 Å². The van der Waals surface area contributed by atoms with Crippen molar-refractivity contribution in [2.75, 3.05) is 6.54 Å². The Balaban J connectivity index is 1.31. The average molecular weight is 624 g/mol. The van der Waals surface area contributed by atoms with Gasteiger partial charge >= 0.3 is 5.97 Å². The number of rotatable bonds is 5. The third kappa shape index (κ3) is 4.80. The van der Waals surface area contributed by atoms with Crippen LogP contribution in [0.5, 0.6) is 0 Å². The van der Waals surface area contributed by atoms with Crippen molar-refractivity contribution >= 4 is 34.5 Å². The Kier molecular flexibility index (Phi) is 7.56. The summed E-state index contributed by atoms with van der Waals surface area (Å²) < 4.78 is 12.8. The van der Waals surface area contributed by atoms with Crippen LogP contribution >= 0.6 is 22.6 Å². The highest BCUT2D eigenvalue weighted by molar-refractivity contribution is 14.1. The van der Waals surface area contributed by atoms with Crippen LogP contribution in [0.2, 0.25) is 0 Å². The lowest BCUT2D eigenvalue weighted by Crippen LogP contribution is -2.51. The van der Waals surface area contributed by atoms with Gasteiger partial charge in [0.25, 0.3) is 0 Å². The molecule has 0 aromatic rings. The molecule has 6 heteroatoms. The number of allylic oxidation sites excluding steroid dienone is 3. The van der Waals surface area contributed by atoms with Gasteiger partial charge in [-0.2, -0.15) is 0 Å². The number of halogens is 1. The van der Waals surface area contributed by atoms with E-state index in [1.165, 1.54) is 43.9 Å². The van der Waals surface area contributed by atoms with Gasteiger partial charge in [-0.25, -0.2) is 0 Å². The average Bonchev–Trinajstić information content (AvgIpc) is 3.31. The summed E-state index contributed by atoms with van der Waals surface area (Å²) in [6.45, 7) is 13.6. The van der Waals surface area contributed by atoms with Crippen molar-refractivity contribution in [1.29, 1.82) is 0 Å². The fraction of sp³-hybridized carbons (Fsp3) is 0.806. The minimum atomic E-state index is -0.145. The smallest absolute Gasteiger partial charge is 0.302 e. The third-order valence-corrected chi connectivity index (χ3v) is 12.1. The zero-order chi connectivity index (χ0) is 26.7. The number of ether oxygens (including phenoxy) is 2. The predicted molar refractivity (Wildman–Crippen MR) is 154 cm³/mol. The minimum absolute atomic E-state index is 0.0394. The lowest BCUT2D eigenvalue weighted by Gasteiger charge is -2.58. The Bertz CT molecular complexity index is 1010. The number of amides is 1. The first-order valence-corrected chi connectivity index (χ1v) is 15.8. The summed E-state index contributed by atoms with van der Waals surface area (Å²) in [5.41, 5.74) is 3.52. The first-order valence-electron chi connectivity index (χ1n) is 14.6. The molecular formula is C31H46INO4. The van der Waals surface area contributed by atoms with E-state index in [4.69, 9.17) is 9.47 Å². The van der Waals surface area contributed by atoms with Crippen LogP contribution in [-0.2, 0) is 19.1 Å². The number of fused-ring (bicyclic) bond motifs is 7. The molecule has 0 aromatic heterocycles. The van der Waals surface area contributed by atoms with Gasteiger partial charge in [-0.3, -0.25) is 9.59 Å². The second-order valence-electron chi connectivity index (χ2n) is 13.4. The van der Waals surface area contributed by atoms with Crippen LogP contribution in [-0.4, -0.2) is 34.6 Å². The van der Waals surface area contributed by atoms with Crippen molar-refractivity contribution in [3.63, 3.8) is 0 Å². The number of nitrogens with one attached hydrogen (secondary N) is 1. The fourth-order valence-corrected chi connectivity index (χ4v) is 10.6. The zero-order valence-electron chi connectivity index (χ0n) is 23.6. The number of esters is 1. The van der Waals surface area contributed by atoms with Crippen molar-refractivity contribution < 1.29 is 19.1 Å². The molecule has 206 valence electrons. The van der Waals surface area contributed by atoms with Crippen molar-refractivity contribution in [2.45, 2.75) is 109 Å². The maximum atomic E-state index is 11.6. The Morgan fingerprint density at radius 2 is 1.95 bits per heavy atom. The fourth-order valence-electron chi connectivity index (χ4n) is 9.69. The van der Waals surface area contributed by atoms with E-state index in [1.54, 1.807) is 12.5 Å². The second kappa shape index (κ2) is 10.2. The summed E-state index contributed by atoms with van der Waals surface area (Å²) in [5, 5.41) is 2.96. The number of carbonyl (C=O) groups is 2. The quantitative estimate of drug-likeness (QED) is 0.159. The van der Waals surface area contributed by atoms with E-state index in [0.717, 1.165) is 43.4 Å². The molecule has 8 unspecified atom stereocenters. The van der Waals surface area contributed by atoms with Gasteiger partial charge < -0.3 is 14.8 Å². The standard InChI is InChI=1S/C31H46INO4/c1-17(13-22(32)16-33-19(3)34)29-18(2)28-27(37-29)15-26-24-8-7-21-14-23(36-20(4)35)9-11-30(21,5)25(24)10-12-31(26,28)6/h7,18,22-28H,8-16H2,1-6H3,(H,33,34)/t18?,22?,23?,24?,25?,26?,27?,28?,30-,31-/m0/s1. The van der Waals surface area contributed by atoms with E-state index in [9.17, 15) is 9.59 Å². The monoisotopic (exact) mass is 623 g/mol. The van der Waals surface area contributed by atoms with E-state index in [2.05, 4.69) is 61.7 Å². The predicted octanol–water partition coefficient (Wildman–Crippen LogP) is 6.75. The van der Waals surface area contributed by atoms with Crippen molar-refractivity contribution in [2.24, 2.45) is 40.4 Å². The topological polar surface area (TPSA) is 64.6 Å². The summed E-state index contributed by atoms with van der Waals surface area (Å²) in [6, 6.07) is 0. The number of hydrogen-bond acceptors (Lipinski definition) is 4. The van der Waals surface area contributed by atoms with Crippen LogP contribution in [0.15, 0.2) is 23.0 Å². The molecule has 0 bridgehead atoms. The normalized spacial score (nSPS) is 44.3. The molecule has 0 radical (unpaired) electrons. The largest absolute Gasteiger partial charge is 0.494 e. The molecule has 4 aliphatic carbocycles. The third-order valence-electron chi connectivity index (χ3n) is 11.2. The molecule has 5 rings (SSSR count). The maximum absolute atomic E-state index is 11.6. The summed E-state index contributed by atoms with van der Waals surface area (Å²) in [4.78, 5) is 22.9. The molecular weight excluding hydrogens is 577 g/mol. The van der Waals surface area contributed by atoms with Crippen molar-refractivity contribution in [3.8, 4) is 0 Å². The molecule has 1 aliphatic heterocycles. The van der Waals surface area contributed by atoms with Gasteiger partial charge in [0.2, 0.25) is 5.91 Å². The van der Waals surface area contributed by atoms with Crippen LogP contribution in [0, 0.1) is 40.4 Å². The molecule has 37 heavy (non-hydrogen) atoms. The summed E-state index contributed by atoms with van der Waals surface area (Å²) in [7, 11) is 0. The lowest BCUT2D eigenvalue weighted by atomic mass is 9.47. The molecule has 1 saturated heterocycles. The Hall–Kier alpha value is -1.05. The van der Waals surface area contributed by atoms with Crippen LogP contribution in [0.25, 0.3) is 0 Å². The molecule has 0 aromatic carbocycles. The van der Waals surface area contributed by atoms with E-state index in [1.807, 2.05) is 0 Å². The van der Waals surface area contributed by atoms with E-state index < -0.39 is 0 Å². The highest BCUT2D eigenvalue weighted by atomic mass is 127. The lowest BCUT2D eigenvalue weighted by molar-refractivity contribution is -0.148. The second-order valence-corrected chi connectivity index (χ2v) is 15.1. The van der Waals surface area contributed by atoms with Crippen LogP contribution in [0.4, 0.5) is 0 Å². The molecule has 5 nitrogen and oxygen atoms in total. The highest BCUT2D eigenvalue weighted by Gasteiger charge is 2.65. The molecule has 10 atom stereocenters.